The van der Waals surface area contributed by atoms with Crippen molar-refractivity contribution in [1.82, 2.24) is 0 Å². The van der Waals surface area contributed by atoms with Gasteiger partial charge in [-0.05, 0) is 126 Å². The zero-order valence-electron chi connectivity index (χ0n) is 27.4. The molecule has 6 heteroatoms. The van der Waals surface area contributed by atoms with E-state index in [-0.39, 0.29) is 39.8 Å². The van der Waals surface area contributed by atoms with Crippen LogP contribution in [0.2, 0.25) is 0 Å². The third-order valence-corrected chi connectivity index (χ3v) is 14.4. The molecule has 6 rings (SSSR count). The number of fused-ring (bicyclic) bond motifs is 7. The third kappa shape index (κ3) is 4.35. The zero-order chi connectivity index (χ0) is 32.2. The van der Waals surface area contributed by atoms with Gasteiger partial charge in [-0.2, -0.15) is 13.2 Å². The number of alkyl halides is 3. The molecule has 3 nitrogen and oxygen atoms in total. The average molecular weight is 611 g/mol. The maximum absolute atomic E-state index is 14.0. The SMILES string of the molecule is C[C@@H]1C[C@@H](C(=O)O)C2CC[C@]3(C)C(=CCC4[C@@]5(C)C/C(=C/c6ccc(C(F)(F)F)cc6)C(=O)C(C)(C)C5CC[C@]43C)C2[C@H]1C. The first-order valence-electron chi connectivity index (χ1n) is 16.7. The number of hydrogen-bond acceptors (Lipinski definition) is 2. The van der Waals surface area contributed by atoms with E-state index in [2.05, 4.69) is 54.5 Å². The second kappa shape index (κ2) is 10.1. The van der Waals surface area contributed by atoms with Gasteiger partial charge in [0.15, 0.2) is 5.78 Å². The first-order chi connectivity index (χ1) is 20.4. The lowest BCUT2D eigenvalue weighted by atomic mass is 9.34. The summed E-state index contributed by atoms with van der Waals surface area (Å²) in [6.45, 7) is 16.1. The van der Waals surface area contributed by atoms with E-state index >= 15 is 0 Å². The number of aliphatic carboxylic acids is 1. The van der Waals surface area contributed by atoms with Crippen molar-refractivity contribution in [3.63, 3.8) is 0 Å². The molecule has 1 aromatic carbocycles. The highest BCUT2D eigenvalue weighted by Gasteiger charge is 2.68. The molecule has 0 amide bonds. The fourth-order valence-electron chi connectivity index (χ4n) is 11.8. The van der Waals surface area contributed by atoms with Crippen molar-refractivity contribution in [2.24, 2.45) is 63.1 Å². The van der Waals surface area contributed by atoms with Crippen LogP contribution >= 0.6 is 0 Å². The lowest BCUT2D eigenvalue weighted by Crippen LogP contribution is -2.64. The number of allylic oxidation sites excluding steroid dienone is 3. The Morgan fingerprint density at radius 1 is 0.977 bits per heavy atom. The third-order valence-electron chi connectivity index (χ3n) is 14.4. The zero-order valence-corrected chi connectivity index (χ0v) is 27.4. The van der Waals surface area contributed by atoms with Crippen molar-refractivity contribution in [2.45, 2.75) is 99.6 Å². The minimum absolute atomic E-state index is 0.00234. The lowest BCUT2D eigenvalue weighted by molar-refractivity contribution is -0.177. The van der Waals surface area contributed by atoms with Gasteiger partial charge < -0.3 is 5.11 Å². The molecule has 0 aliphatic heterocycles. The van der Waals surface area contributed by atoms with Crippen LogP contribution in [0.1, 0.15) is 105 Å². The quantitative estimate of drug-likeness (QED) is 0.268. The summed E-state index contributed by atoms with van der Waals surface area (Å²) < 4.78 is 39.6. The summed E-state index contributed by atoms with van der Waals surface area (Å²) in [6, 6.07) is 5.14. The largest absolute Gasteiger partial charge is 0.481 e. The second-order valence-corrected chi connectivity index (χ2v) is 16.6. The Bertz CT molecular complexity index is 1420. The first kappa shape index (κ1) is 31.6. The van der Waals surface area contributed by atoms with E-state index in [1.54, 1.807) is 0 Å². The summed E-state index contributed by atoms with van der Waals surface area (Å²) in [5.41, 5.74) is 1.41. The molecule has 4 saturated carbocycles. The minimum Gasteiger partial charge on any atom is -0.481 e. The van der Waals surface area contributed by atoms with Gasteiger partial charge in [-0.25, -0.2) is 0 Å². The number of Topliss-reactive ketones (excluding diaryl/α,β-unsaturated/α-hetero) is 1. The molecule has 5 aliphatic carbocycles. The predicted molar refractivity (Wildman–Crippen MR) is 166 cm³/mol. The highest BCUT2D eigenvalue weighted by Crippen LogP contribution is 2.74. The van der Waals surface area contributed by atoms with Gasteiger partial charge in [0.25, 0.3) is 0 Å². The Morgan fingerprint density at radius 2 is 1.64 bits per heavy atom. The number of carbonyl (C=O) groups excluding carboxylic acids is 1. The molecule has 0 spiro atoms. The number of halogens is 3. The van der Waals surface area contributed by atoms with Crippen molar-refractivity contribution >= 4 is 17.8 Å². The predicted octanol–water partition coefficient (Wildman–Crippen LogP) is 9.87. The van der Waals surface area contributed by atoms with Gasteiger partial charge in [0.05, 0.1) is 11.5 Å². The minimum atomic E-state index is -4.40. The van der Waals surface area contributed by atoms with Crippen LogP contribution in [0.15, 0.2) is 41.5 Å². The lowest BCUT2D eigenvalue weighted by Gasteiger charge is -2.70. The topological polar surface area (TPSA) is 54.4 Å². The van der Waals surface area contributed by atoms with Gasteiger partial charge >= 0.3 is 12.1 Å². The van der Waals surface area contributed by atoms with E-state index in [4.69, 9.17) is 0 Å². The molecular formula is C38H49F3O3. The van der Waals surface area contributed by atoms with Crippen LogP contribution in [-0.4, -0.2) is 16.9 Å². The summed E-state index contributed by atoms with van der Waals surface area (Å²) in [5.74, 6) is 1.04. The molecule has 240 valence electrons. The van der Waals surface area contributed by atoms with Crippen molar-refractivity contribution in [1.29, 1.82) is 0 Å². The second-order valence-electron chi connectivity index (χ2n) is 16.6. The summed E-state index contributed by atoms with van der Waals surface area (Å²) in [6.07, 6.45) is 6.21. The summed E-state index contributed by atoms with van der Waals surface area (Å²) in [5, 5.41) is 10.2. The van der Waals surface area contributed by atoms with E-state index in [0.29, 0.717) is 35.7 Å². The Kier molecular flexibility index (Phi) is 7.23. The number of hydrogen-bond donors (Lipinski definition) is 1. The molecule has 0 heterocycles. The number of carbonyl (C=O) groups is 2. The van der Waals surface area contributed by atoms with Gasteiger partial charge in [-0.1, -0.05) is 72.2 Å². The van der Waals surface area contributed by atoms with Crippen LogP contribution in [-0.2, 0) is 15.8 Å². The van der Waals surface area contributed by atoms with Crippen molar-refractivity contribution in [2.75, 3.05) is 0 Å². The highest BCUT2D eigenvalue weighted by atomic mass is 19.4. The van der Waals surface area contributed by atoms with Gasteiger partial charge in [-0.3, -0.25) is 9.59 Å². The van der Waals surface area contributed by atoms with Crippen LogP contribution in [0.5, 0.6) is 0 Å². The van der Waals surface area contributed by atoms with Crippen LogP contribution in [0.25, 0.3) is 6.08 Å². The average Bonchev–Trinajstić information content (AvgIpc) is 2.93. The standard InChI is InChI=1S/C38H49F3O3/c1-21-18-27(33(43)44)26-14-16-36(6)28(31(26)22(21)2)12-13-30-35(5)20-24(19-23-8-10-25(11-9-23)38(39,40)41)32(42)34(3,4)29(35)15-17-37(30,36)7/h8-12,19,21-22,26-27,29-31H,13-18,20H2,1-7H3,(H,43,44)/b24-19-/t21-,22+,26?,27-,29?,30?,31?,35+,36-,37-/m1/s1. The van der Waals surface area contributed by atoms with Gasteiger partial charge in [-0.15, -0.1) is 0 Å². The highest BCUT2D eigenvalue weighted by molar-refractivity contribution is 6.04. The molecule has 0 aromatic heterocycles. The van der Waals surface area contributed by atoms with Crippen LogP contribution in [0.3, 0.4) is 0 Å². The van der Waals surface area contributed by atoms with Gasteiger partial charge in [0.2, 0.25) is 0 Å². The van der Waals surface area contributed by atoms with Crippen molar-refractivity contribution in [3.05, 3.63) is 52.6 Å². The van der Waals surface area contributed by atoms with Crippen molar-refractivity contribution in [3.8, 4) is 0 Å². The smallest absolute Gasteiger partial charge is 0.416 e. The monoisotopic (exact) mass is 610 g/mol. The molecule has 0 bridgehead atoms. The Balaban J connectivity index is 1.40. The fraction of sp³-hybridized carbons (Fsp3) is 0.684. The van der Waals surface area contributed by atoms with E-state index in [9.17, 15) is 27.9 Å². The van der Waals surface area contributed by atoms with Crippen LogP contribution in [0.4, 0.5) is 13.2 Å². The maximum Gasteiger partial charge on any atom is 0.416 e. The van der Waals surface area contributed by atoms with E-state index in [1.165, 1.54) is 17.7 Å². The Hall–Kier alpha value is -2.37. The van der Waals surface area contributed by atoms with E-state index < -0.39 is 23.1 Å². The van der Waals surface area contributed by atoms with Crippen molar-refractivity contribution < 1.29 is 27.9 Å². The molecule has 1 aromatic rings. The number of benzene rings is 1. The molecule has 0 radical (unpaired) electrons. The van der Waals surface area contributed by atoms with Gasteiger partial charge in [0, 0.05) is 5.41 Å². The molecule has 10 atom stereocenters. The molecule has 4 fully saturated rings. The van der Waals surface area contributed by atoms with E-state index in [0.717, 1.165) is 56.2 Å². The number of carboxylic acid groups (broad SMARTS) is 1. The molecule has 5 aliphatic rings. The fourth-order valence-corrected chi connectivity index (χ4v) is 11.8. The summed E-state index contributed by atoms with van der Waals surface area (Å²) >= 11 is 0. The molecule has 44 heavy (non-hydrogen) atoms. The molecule has 1 N–H and O–H groups in total. The number of ketones is 1. The van der Waals surface area contributed by atoms with E-state index in [1.807, 2.05) is 6.08 Å². The maximum atomic E-state index is 14.0. The Labute approximate surface area is 260 Å². The summed E-state index contributed by atoms with van der Waals surface area (Å²) in [7, 11) is 0. The van der Waals surface area contributed by atoms with Crippen LogP contribution < -0.4 is 0 Å². The summed E-state index contributed by atoms with van der Waals surface area (Å²) in [4.78, 5) is 26.4. The molecule has 4 unspecified atom stereocenters. The number of carboxylic acids is 1. The molecule has 0 saturated heterocycles. The normalized spacial score (nSPS) is 44.1. The van der Waals surface area contributed by atoms with Gasteiger partial charge in [0.1, 0.15) is 0 Å². The van der Waals surface area contributed by atoms with Crippen LogP contribution in [0, 0.1) is 63.1 Å². The molecular weight excluding hydrogens is 561 g/mol. The first-order valence-corrected chi connectivity index (χ1v) is 16.7. The number of rotatable bonds is 2. The Morgan fingerprint density at radius 3 is 2.25 bits per heavy atom.